The molecular formula is C24H23N5O3. The zero-order valence-corrected chi connectivity index (χ0v) is 18.0. The van der Waals surface area contributed by atoms with Crippen LogP contribution in [-0.4, -0.2) is 22.7 Å². The number of para-hydroxylation sites is 1. The van der Waals surface area contributed by atoms with E-state index in [0.717, 1.165) is 22.5 Å². The third-order valence-corrected chi connectivity index (χ3v) is 5.22. The van der Waals surface area contributed by atoms with Crippen LogP contribution < -0.4 is 20.5 Å². The minimum absolute atomic E-state index is 0.00105. The SMILES string of the molecule is Cc1cc(C)cc(NC(=O)COc2ccccc2C2C(C#N)=C(N)Oc3n[nH]c(C)c32)c1. The highest BCUT2D eigenvalue weighted by molar-refractivity contribution is 5.92. The quantitative estimate of drug-likeness (QED) is 0.569. The molecule has 1 aliphatic rings. The van der Waals surface area contributed by atoms with Gasteiger partial charge in [-0.2, -0.15) is 5.26 Å². The van der Waals surface area contributed by atoms with Gasteiger partial charge in [0.25, 0.3) is 5.91 Å². The van der Waals surface area contributed by atoms with Crippen molar-refractivity contribution in [3.8, 4) is 17.7 Å². The van der Waals surface area contributed by atoms with E-state index in [1.807, 2.05) is 57.2 Å². The summed E-state index contributed by atoms with van der Waals surface area (Å²) in [4.78, 5) is 12.5. The molecule has 4 rings (SSSR count). The Morgan fingerprint density at radius 3 is 2.69 bits per heavy atom. The summed E-state index contributed by atoms with van der Waals surface area (Å²) in [7, 11) is 0. The molecule has 2 aromatic carbocycles. The van der Waals surface area contributed by atoms with Crippen molar-refractivity contribution in [3.63, 3.8) is 0 Å². The van der Waals surface area contributed by atoms with Crippen molar-refractivity contribution in [1.82, 2.24) is 10.2 Å². The summed E-state index contributed by atoms with van der Waals surface area (Å²) in [5.41, 5.74) is 11.3. The number of nitrogens with one attached hydrogen (secondary N) is 2. The van der Waals surface area contributed by atoms with E-state index >= 15 is 0 Å². The van der Waals surface area contributed by atoms with Gasteiger partial charge in [0, 0.05) is 22.5 Å². The summed E-state index contributed by atoms with van der Waals surface area (Å²) in [5.74, 6) is -0.0130. The second kappa shape index (κ2) is 8.47. The normalized spacial score (nSPS) is 14.9. The molecule has 2 heterocycles. The molecule has 1 amide bonds. The number of benzene rings is 2. The number of nitrogens with zero attached hydrogens (tertiary/aromatic N) is 2. The van der Waals surface area contributed by atoms with Crippen LogP contribution >= 0.6 is 0 Å². The lowest BCUT2D eigenvalue weighted by Gasteiger charge is -2.25. The van der Waals surface area contributed by atoms with Gasteiger partial charge >= 0.3 is 0 Å². The fourth-order valence-electron chi connectivity index (χ4n) is 3.95. The average Bonchev–Trinajstić information content (AvgIpc) is 3.11. The zero-order valence-electron chi connectivity index (χ0n) is 18.0. The number of aromatic nitrogens is 2. The maximum atomic E-state index is 12.5. The Balaban J connectivity index is 1.60. The first-order valence-corrected chi connectivity index (χ1v) is 10.1. The van der Waals surface area contributed by atoms with Gasteiger partial charge in [0.2, 0.25) is 11.8 Å². The average molecular weight is 429 g/mol. The predicted molar refractivity (Wildman–Crippen MR) is 119 cm³/mol. The Hall–Kier alpha value is -4.25. The monoisotopic (exact) mass is 429 g/mol. The van der Waals surface area contributed by atoms with Crippen LogP contribution in [0.25, 0.3) is 0 Å². The number of H-pyrrole nitrogens is 1. The maximum Gasteiger partial charge on any atom is 0.262 e. The lowest BCUT2D eigenvalue weighted by Crippen LogP contribution is -2.23. The van der Waals surface area contributed by atoms with Crippen LogP contribution in [0.2, 0.25) is 0 Å². The lowest BCUT2D eigenvalue weighted by atomic mass is 9.83. The summed E-state index contributed by atoms with van der Waals surface area (Å²) in [6, 6.07) is 15.2. The molecule has 0 spiro atoms. The number of nitriles is 1. The topological polar surface area (TPSA) is 126 Å². The fourth-order valence-corrected chi connectivity index (χ4v) is 3.95. The summed E-state index contributed by atoms with van der Waals surface area (Å²) in [6.45, 7) is 5.60. The molecule has 3 aromatic rings. The summed E-state index contributed by atoms with van der Waals surface area (Å²) < 4.78 is 11.4. The largest absolute Gasteiger partial charge is 0.483 e. The highest BCUT2D eigenvalue weighted by Crippen LogP contribution is 2.45. The molecule has 162 valence electrons. The Bertz CT molecular complexity index is 1250. The molecule has 8 heteroatoms. The smallest absolute Gasteiger partial charge is 0.262 e. The Morgan fingerprint density at radius 2 is 1.97 bits per heavy atom. The van der Waals surface area contributed by atoms with E-state index in [1.165, 1.54) is 0 Å². The standard InChI is InChI=1S/C24H23N5O3/c1-13-8-14(2)10-16(9-13)27-20(30)12-31-19-7-5-4-6-17(19)22-18(11-25)23(26)32-24-21(22)15(3)28-29-24/h4-10,22H,12,26H2,1-3H3,(H,27,30)(H,28,29). The molecule has 0 radical (unpaired) electrons. The molecule has 32 heavy (non-hydrogen) atoms. The Morgan fingerprint density at radius 1 is 1.25 bits per heavy atom. The van der Waals surface area contributed by atoms with E-state index in [0.29, 0.717) is 22.8 Å². The van der Waals surface area contributed by atoms with Crippen LogP contribution in [0, 0.1) is 32.1 Å². The van der Waals surface area contributed by atoms with E-state index in [9.17, 15) is 10.1 Å². The van der Waals surface area contributed by atoms with E-state index in [2.05, 4.69) is 21.6 Å². The number of aryl methyl sites for hydroxylation is 3. The number of hydrogen-bond acceptors (Lipinski definition) is 6. The van der Waals surface area contributed by atoms with Crippen LogP contribution in [0.5, 0.6) is 11.6 Å². The number of anilines is 1. The van der Waals surface area contributed by atoms with Gasteiger partial charge < -0.3 is 20.5 Å². The van der Waals surface area contributed by atoms with Crippen LogP contribution in [-0.2, 0) is 4.79 Å². The Labute approximate surface area is 185 Å². The van der Waals surface area contributed by atoms with Crippen molar-refractivity contribution >= 4 is 11.6 Å². The number of fused-ring (bicyclic) bond motifs is 1. The van der Waals surface area contributed by atoms with Crippen LogP contribution in [0.15, 0.2) is 53.9 Å². The van der Waals surface area contributed by atoms with Crippen molar-refractivity contribution in [1.29, 1.82) is 5.26 Å². The summed E-state index contributed by atoms with van der Waals surface area (Å²) in [5, 5.41) is 19.6. The second-order valence-corrected chi connectivity index (χ2v) is 7.74. The molecule has 0 fully saturated rings. The second-order valence-electron chi connectivity index (χ2n) is 7.74. The van der Waals surface area contributed by atoms with Crippen LogP contribution in [0.4, 0.5) is 5.69 Å². The molecule has 0 saturated heterocycles. The van der Waals surface area contributed by atoms with Crippen LogP contribution in [0.3, 0.4) is 0 Å². The number of aromatic amines is 1. The number of carbonyl (C=O) groups is 1. The first-order chi connectivity index (χ1) is 15.4. The van der Waals surface area contributed by atoms with Gasteiger partial charge in [-0.3, -0.25) is 9.89 Å². The number of ether oxygens (including phenoxy) is 2. The molecule has 8 nitrogen and oxygen atoms in total. The number of rotatable bonds is 5. The van der Waals surface area contributed by atoms with Crippen molar-refractivity contribution in [2.75, 3.05) is 11.9 Å². The number of nitrogens with two attached hydrogens (primary N) is 1. The molecule has 1 aromatic heterocycles. The first kappa shape index (κ1) is 21.0. The van der Waals surface area contributed by atoms with Crippen molar-refractivity contribution in [2.45, 2.75) is 26.7 Å². The lowest BCUT2D eigenvalue weighted by molar-refractivity contribution is -0.118. The van der Waals surface area contributed by atoms with E-state index in [4.69, 9.17) is 15.2 Å². The molecule has 1 aliphatic heterocycles. The molecule has 1 unspecified atom stereocenters. The summed E-state index contributed by atoms with van der Waals surface area (Å²) >= 11 is 0. The highest BCUT2D eigenvalue weighted by atomic mass is 16.5. The van der Waals surface area contributed by atoms with Gasteiger partial charge in [0.05, 0.1) is 5.92 Å². The molecular weight excluding hydrogens is 406 g/mol. The van der Waals surface area contributed by atoms with Gasteiger partial charge in [-0.25, -0.2) is 0 Å². The summed E-state index contributed by atoms with van der Waals surface area (Å²) in [6.07, 6.45) is 0. The first-order valence-electron chi connectivity index (χ1n) is 10.1. The molecule has 0 saturated carbocycles. The minimum atomic E-state index is -0.527. The fraction of sp³-hybridized carbons (Fsp3) is 0.208. The van der Waals surface area contributed by atoms with Crippen molar-refractivity contribution in [2.24, 2.45) is 5.73 Å². The number of hydrogen-bond donors (Lipinski definition) is 3. The minimum Gasteiger partial charge on any atom is -0.483 e. The van der Waals surface area contributed by atoms with Crippen LogP contribution in [0.1, 0.15) is 33.9 Å². The predicted octanol–water partition coefficient (Wildman–Crippen LogP) is 3.57. The van der Waals surface area contributed by atoms with E-state index < -0.39 is 5.92 Å². The third kappa shape index (κ3) is 4.01. The van der Waals surface area contributed by atoms with Gasteiger partial charge in [0.1, 0.15) is 17.4 Å². The maximum absolute atomic E-state index is 12.5. The number of allylic oxidation sites excluding steroid dienone is 1. The third-order valence-electron chi connectivity index (χ3n) is 5.22. The van der Waals surface area contributed by atoms with Crippen molar-refractivity contribution in [3.05, 3.63) is 81.9 Å². The highest BCUT2D eigenvalue weighted by Gasteiger charge is 2.35. The zero-order chi connectivity index (χ0) is 22.8. The molecule has 1 atom stereocenters. The Kier molecular flexibility index (Phi) is 5.56. The molecule has 0 bridgehead atoms. The van der Waals surface area contributed by atoms with Crippen molar-refractivity contribution < 1.29 is 14.3 Å². The van der Waals surface area contributed by atoms with E-state index in [1.54, 1.807) is 6.07 Å². The van der Waals surface area contributed by atoms with Gasteiger partial charge in [-0.15, -0.1) is 5.10 Å². The number of amides is 1. The molecule has 4 N–H and O–H groups in total. The van der Waals surface area contributed by atoms with E-state index in [-0.39, 0.29) is 24.0 Å². The number of carbonyl (C=O) groups excluding carboxylic acids is 1. The molecule has 0 aliphatic carbocycles. The van der Waals surface area contributed by atoms with Gasteiger partial charge in [0.15, 0.2) is 6.61 Å². The van der Waals surface area contributed by atoms with Gasteiger partial charge in [-0.1, -0.05) is 24.3 Å². The van der Waals surface area contributed by atoms with Gasteiger partial charge in [-0.05, 0) is 50.1 Å².